The highest BCUT2D eigenvalue weighted by Crippen LogP contribution is 2.38. The van der Waals surface area contributed by atoms with Crippen molar-refractivity contribution in [3.8, 4) is 5.75 Å². The van der Waals surface area contributed by atoms with Crippen molar-refractivity contribution in [1.82, 2.24) is 4.98 Å². The number of halogens is 6. The molecule has 0 radical (unpaired) electrons. The number of aromatic nitrogens is 1. The Morgan fingerprint density at radius 3 is 2.58 bits per heavy atom. The van der Waals surface area contributed by atoms with E-state index in [1.807, 2.05) is 0 Å². The number of fused-ring (bicyclic) bond motifs is 1. The van der Waals surface area contributed by atoms with Crippen LogP contribution in [0, 0.1) is 0 Å². The van der Waals surface area contributed by atoms with E-state index in [1.54, 1.807) is 18.2 Å². The topological polar surface area (TPSA) is 22.1 Å². The van der Waals surface area contributed by atoms with E-state index in [4.69, 9.17) is 23.2 Å². The highest BCUT2D eigenvalue weighted by atomic mass is 79.9. The van der Waals surface area contributed by atoms with Crippen molar-refractivity contribution in [3.05, 3.63) is 32.8 Å². The average molecular weight is 375 g/mol. The summed E-state index contributed by atoms with van der Waals surface area (Å²) in [7, 11) is 0. The fourth-order valence-corrected chi connectivity index (χ4v) is 2.37. The van der Waals surface area contributed by atoms with Gasteiger partial charge >= 0.3 is 6.18 Å². The lowest BCUT2D eigenvalue weighted by Crippen LogP contribution is -2.19. The molecule has 0 fully saturated rings. The standard InChI is InChI=1S/C11H5BrCl2F3NO/c12-5-1-2-7-6(3-5)8(13)9(10(14)18-7)19-4-11(15,16)17/h1-3H,4H2. The highest BCUT2D eigenvalue weighted by molar-refractivity contribution is 9.10. The van der Waals surface area contributed by atoms with Crippen LogP contribution in [0.2, 0.25) is 10.2 Å². The molecule has 2 nitrogen and oxygen atoms in total. The van der Waals surface area contributed by atoms with Gasteiger partial charge in [0.1, 0.15) is 0 Å². The normalized spacial score (nSPS) is 11.9. The zero-order valence-electron chi connectivity index (χ0n) is 9.06. The summed E-state index contributed by atoms with van der Waals surface area (Å²) in [5.74, 6) is -0.272. The van der Waals surface area contributed by atoms with Crippen LogP contribution in [0.15, 0.2) is 22.7 Å². The Balaban J connectivity index is 2.49. The monoisotopic (exact) mass is 373 g/mol. The summed E-state index contributed by atoms with van der Waals surface area (Å²) >= 11 is 15.0. The van der Waals surface area contributed by atoms with Crippen molar-refractivity contribution in [2.75, 3.05) is 6.61 Å². The SMILES string of the molecule is FC(F)(F)COc1c(Cl)nc2ccc(Br)cc2c1Cl. The number of benzene rings is 1. The van der Waals surface area contributed by atoms with E-state index in [0.717, 1.165) is 0 Å². The Kier molecular flexibility index (Phi) is 4.13. The van der Waals surface area contributed by atoms with E-state index in [0.29, 0.717) is 15.4 Å². The maximum atomic E-state index is 12.1. The third kappa shape index (κ3) is 3.43. The molecule has 0 saturated heterocycles. The van der Waals surface area contributed by atoms with E-state index in [2.05, 4.69) is 25.7 Å². The lowest BCUT2D eigenvalue weighted by atomic mass is 10.2. The molecule has 0 atom stereocenters. The number of hydrogen-bond acceptors (Lipinski definition) is 2. The molecule has 0 aliphatic rings. The van der Waals surface area contributed by atoms with Gasteiger partial charge in [0.15, 0.2) is 17.5 Å². The van der Waals surface area contributed by atoms with Gasteiger partial charge in [0.2, 0.25) is 0 Å². The Hall–Kier alpha value is -0.720. The number of alkyl halides is 3. The summed E-state index contributed by atoms with van der Waals surface area (Å²) in [6.07, 6.45) is -4.47. The summed E-state index contributed by atoms with van der Waals surface area (Å²) in [4.78, 5) is 3.95. The molecule has 1 aromatic carbocycles. The number of hydrogen-bond donors (Lipinski definition) is 0. The fourth-order valence-electron chi connectivity index (χ4n) is 1.43. The predicted octanol–water partition coefficient (Wildman–Crippen LogP) is 5.25. The summed E-state index contributed by atoms with van der Waals surface area (Å²) in [6, 6.07) is 4.99. The van der Waals surface area contributed by atoms with Crippen molar-refractivity contribution in [3.63, 3.8) is 0 Å². The van der Waals surface area contributed by atoms with E-state index >= 15 is 0 Å². The first-order chi connectivity index (χ1) is 8.78. The zero-order valence-corrected chi connectivity index (χ0v) is 12.2. The number of ether oxygens (including phenoxy) is 1. The molecule has 0 N–H and O–H groups in total. The summed E-state index contributed by atoms with van der Waals surface area (Å²) in [5, 5.41) is 0.252. The molecular weight excluding hydrogens is 370 g/mol. The molecule has 0 saturated carbocycles. The molecule has 0 amide bonds. The predicted molar refractivity (Wildman–Crippen MR) is 71.0 cm³/mol. The summed E-state index contributed by atoms with van der Waals surface area (Å²) in [5.41, 5.74) is 0.470. The van der Waals surface area contributed by atoms with Gasteiger partial charge in [-0.05, 0) is 18.2 Å². The van der Waals surface area contributed by atoms with Crippen molar-refractivity contribution < 1.29 is 17.9 Å². The first-order valence-corrected chi connectivity index (χ1v) is 6.46. The van der Waals surface area contributed by atoms with Crippen LogP contribution in [-0.2, 0) is 0 Å². The zero-order chi connectivity index (χ0) is 14.2. The van der Waals surface area contributed by atoms with Gasteiger partial charge in [-0.2, -0.15) is 13.2 Å². The minimum Gasteiger partial charge on any atom is -0.479 e. The van der Waals surface area contributed by atoms with E-state index < -0.39 is 12.8 Å². The summed E-state index contributed by atoms with van der Waals surface area (Å²) in [6.45, 7) is -1.48. The van der Waals surface area contributed by atoms with E-state index in [1.165, 1.54) is 0 Å². The molecule has 0 bridgehead atoms. The molecule has 0 spiro atoms. The minimum absolute atomic E-state index is 0.000509. The quantitative estimate of drug-likeness (QED) is 0.670. The number of nitrogens with zero attached hydrogens (tertiary/aromatic N) is 1. The van der Waals surface area contributed by atoms with Gasteiger partial charge in [0.25, 0.3) is 0 Å². The van der Waals surface area contributed by atoms with Crippen LogP contribution in [0.3, 0.4) is 0 Å². The highest BCUT2D eigenvalue weighted by Gasteiger charge is 2.29. The largest absolute Gasteiger partial charge is 0.479 e. The van der Waals surface area contributed by atoms with Gasteiger partial charge in [0, 0.05) is 9.86 Å². The van der Waals surface area contributed by atoms with Gasteiger partial charge in [-0.1, -0.05) is 39.1 Å². The van der Waals surface area contributed by atoms with Crippen LogP contribution in [0.4, 0.5) is 13.2 Å². The maximum Gasteiger partial charge on any atom is 0.422 e. The Morgan fingerprint density at radius 2 is 1.95 bits per heavy atom. The van der Waals surface area contributed by atoms with Gasteiger partial charge in [-0.15, -0.1) is 0 Å². The molecule has 102 valence electrons. The molecule has 1 aromatic heterocycles. The first-order valence-electron chi connectivity index (χ1n) is 4.92. The third-order valence-corrected chi connectivity index (χ3v) is 3.31. The molecule has 2 rings (SSSR count). The van der Waals surface area contributed by atoms with Gasteiger partial charge in [-0.3, -0.25) is 0 Å². The van der Waals surface area contributed by atoms with Crippen LogP contribution in [0.25, 0.3) is 10.9 Å². The van der Waals surface area contributed by atoms with Gasteiger partial charge in [-0.25, -0.2) is 4.98 Å². The van der Waals surface area contributed by atoms with Crippen molar-refractivity contribution in [2.45, 2.75) is 6.18 Å². The molecule has 0 aliphatic heterocycles. The Bertz CT molecular complexity index is 633. The maximum absolute atomic E-state index is 12.1. The van der Waals surface area contributed by atoms with Crippen LogP contribution in [-0.4, -0.2) is 17.8 Å². The second kappa shape index (κ2) is 5.34. The molecule has 0 aliphatic carbocycles. The van der Waals surface area contributed by atoms with Crippen molar-refractivity contribution >= 4 is 50.0 Å². The van der Waals surface area contributed by atoms with Crippen molar-refractivity contribution in [2.24, 2.45) is 0 Å². The van der Waals surface area contributed by atoms with Crippen LogP contribution < -0.4 is 4.74 Å². The van der Waals surface area contributed by atoms with Gasteiger partial charge in [0.05, 0.1) is 10.5 Å². The molecule has 2 aromatic rings. The molecule has 0 unspecified atom stereocenters. The third-order valence-electron chi connectivity index (χ3n) is 2.18. The molecule has 1 heterocycles. The second-order valence-electron chi connectivity index (χ2n) is 3.61. The van der Waals surface area contributed by atoms with E-state index in [9.17, 15) is 13.2 Å². The molecule has 8 heteroatoms. The van der Waals surface area contributed by atoms with E-state index in [-0.39, 0.29) is 15.9 Å². The number of pyridine rings is 1. The molecule has 19 heavy (non-hydrogen) atoms. The molecular formula is C11H5BrCl2F3NO. The summed E-state index contributed by atoms with van der Waals surface area (Å²) < 4.78 is 41.8. The smallest absolute Gasteiger partial charge is 0.422 e. The Morgan fingerprint density at radius 1 is 1.26 bits per heavy atom. The number of rotatable bonds is 2. The lowest BCUT2D eigenvalue weighted by Gasteiger charge is -2.13. The van der Waals surface area contributed by atoms with Crippen molar-refractivity contribution in [1.29, 1.82) is 0 Å². The second-order valence-corrected chi connectivity index (χ2v) is 5.26. The van der Waals surface area contributed by atoms with Crippen LogP contribution in [0.1, 0.15) is 0 Å². The lowest BCUT2D eigenvalue weighted by molar-refractivity contribution is -0.153. The first kappa shape index (κ1) is 14.7. The fraction of sp³-hybridized carbons (Fsp3) is 0.182. The van der Waals surface area contributed by atoms with Crippen LogP contribution in [0.5, 0.6) is 5.75 Å². The minimum atomic E-state index is -4.47. The Labute approximate surface area is 124 Å². The van der Waals surface area contributed by atoms with Gasteiger partial charge < -0.3 is 4.74 Å². The van der Waals surface area contributed by atoms with Crippen LogP contribution >= 0.6 is 39.1 Å². The average Bonchev–Trinajstić information content (AvgIpc) is 2.28.